The van der Waals surface area contributed by atoms with Gasteiger partial charge in [-0.15, -0.1) is 0 Å². The topological polar surface area (TPSA) is 135 Å². The molecule has 4 rings (SSSR count). The number of benzene rings is 2. The van der Waals surface area contributed by atoms with Gasteiger partial charge in [0.2, 0.25) is 5.91 Å². The molecule has 0 fully saturated rings. The zero-order valence-electron chi connectivity index (χ0n) is 18.7. The number of anilines is 2. The molecule has 0 aliphatic rings. The van der Waals surface area contributed by atoms with E-state index >= 15 is 0 Å². The smallest absolute Gasteiger partial charge is 0.261 e. The Morgan fingerprint density at radius 1 is 0.972 bits per heavy atom. The molecule has 0 spiro atoms. The summed E-state index contributed by atoms with van der Waals surface area (Å²) in [4.78, 5) is 20.5. The predicted octanol–water partition coefficient (Wildman–Crippen LogP) is 4.59. The number of carbonyl (C=O) groups excluding carboxylic acids is 1. The number of aromatic nitrogens is 2. The number of sulfonamides is 1. The molecule has 0 unspecified atom stereocenters. The third-order valence-electron chi connectivity index (χ3n) is 4.81. The van der Waals surface area contributed by atoms with Gasteiger partial charge in [0.25, 0.3) is 10.0 Å². The molecule has 0 bridgehead atoms. The van der Waals surface area contributed by atoms with E-state index in [-0.39, 0.29) is 37.4 Å². The molecule has 0 aliphatic heterocycles. The highest BCUT2D eigenvalue weighted by atomic mass is 35.5. The molecule has 0 aliphatic carbocycles. The van der Waals surface area contributed by atoms with Crippen molar-refractivity contribution >= 4 is 59.5 Å². The average molecular weight is 563 g/mol. The van der Waals surface area contributed by atoms with Gasteiger partial charge in [-0.05, 0) is 30.3 Å². The van der Waals surface area contributed by atoms with E-state index in [4.69, 9.17) is 11.6 Å². The van der Waals surface area contributed by atoms with Crippen molar-refractivity contribution in [1.29, 1.82) is 0 Å². The van der Waals surface area contributed by atoms with E-state index in [9.17, 15) is 21.6 Å². The molecule has 2 heterocycles. The number of carbonyl (C=O) groups is 1. The van der Waals surface area contributed by atoms with Crippen LogP contribution in [0.25, 0.3) is 10.4 Å². The molecule has 2 aromatic heterocycles. The molecule has 36 heavy (non-hydrogen) atoms. The fourth-order valence-electron chi connectivity index (χ4n) is 3.22. The van der Waals surface area contributed by atoms with Crippen LogP contribution >= 0.6 is 22.9 Å². The van der Waals surface area contributed by atoms with Gasteiger partial charge in [0.05, 0.1) is 31.8 Å². The van der Waals surface area contributed by atoms with Crippen molar-refractivity contribution in [3.63, 3.8) is 0 Å². The molecule has 1 amide bonds. The molecule has 186 valence electrons. The summed E-state index contributed by atoms with van der Waals surface area (Å²) in [5, 5.41) is 2.66. The van der Waals surface area contributed by atoms with Gasteiger partial charge < -0.3 is 5.32 Å². The average Bonchev–Trinajstić information content (AvgIpc) is 3.22. The van der Waals surface area contributed by atoms with Crippen molar-refractivity contribution in [3.8, 4) is 10.4 Å². The largest absolute Gasteiger partial charge is 0.302 e. The van der Waals surface area contributed by atoms with Crippen LogP contribution in [0.4, 0.5) is 10.8 Å². The van der Waals surface area contributed by atoms with Crippen molar-refractivity contribution in [2.24, 2.45) is 0 Å². The van der Waals surface area contributed by atoms with Crippen LogP contribution < -0.4 is 10.0 Å². The van der Waals surface area contributed by atoms with Crippen LogP contribution in [0.15, 0.2) is 82.7 Å². The fourth-order valence-corrected chi connectivity index (χ4v) is 6.91. The zero-order chi connectivity index (χ0) is 25.9. The lowest BCUT2D eigenvalue weighted by molar-refractivity contribution is -0.114. The molecular weight excluding hydrogens is 544 g/mol. The van der Waals surface area contributed by atoms with Gasteiger partial charge in [-0.1, -0.05) is 59.3 Å². The van der Waals surface area contributed by atoms with Crippen LogP contribution in [0, 0.1) is 0 Å². The van der Waals surface area contributed by atoms with Gasteiger partial charge in [0, 0.05) is 18.7 Å². The van der Waals surface area contributed by atoms with Crippen LogP contribution in [-0.4, -0.2) is 32.7 Å². The third kappa shape index (κ3) is 5.90. The highest BCUT2D eigenvalue weighted by Crippen LogP contribution is 2.37. The summed E-state index contributed by atoms with van der Waals surface area (Å²) >= 11 is 7.21. The first kappa shape index (κ1) is 25.8. The van der Waals surface area contributed by atoms with Crippen LogP contribution in [0.5, 0.6) is 0 Å². The van der Waals surface area contributed by atoms with Crippen molar-refractivity contribution in [2.75, 3.05) is 10.0 Å². The Labute approximate surface area is 217 Å². The first-order chi connectivity index (χ1) is 17.0. The molecule has 0 radical (unpaired) electrons. The predicted molar refractivity (Wildman–Crippen MR) is 139 cm³/mol. The number of hydrogen-bond donors (Lipinski definition) is 2. The van der Waals surface area contributed by atoms with E-state index in [2.05, 4.69) is 20.0 Å². The second-order valence-corrected chi connectivity index (χ2v) is 12.6. The first-order valence-electron chi connectivity index (χ1n) is 10.3. The van der Waals surface area contributed by atoms with Crippen molar-refractivity contribution in [3.05, 3.63) is 83.8 Å². The maximum Gasteiger partial charge on any atom is 0.261 e. The Kier molecular flexibility index (Phi) is 7.41. The minimum Gasteiger partial charge on any atom is -0.302 e. The highest BCUT2D eigenvalue weighted by molar-refractivity contribution is 7.92. The van der Waals surface area contributed by atoms with E-state index < -0.39 is 25.6 Å². The number of nitrogens with one attached hydrogen (secondary N) is 2. The lowest BCUT2D eigenvalue weighted by atomic mass is 10.2. The van der Waals surface area contributed by atoms with E-state index in [1.165, 1.54) is 43.5 Å². The van der Waals surface area contributed by atoms with Crippen LogP contribution in [0.3, 0.4) is 0 Å². The van der Waals surface area contributed by atoms with E-state index in [1.807, 2.05) is 0 Å². The number of sulfone groups is 1. The summed E-state index contributed by atoms with van der Waals surface area (Å²) in [6, 6.07) is 17.1. The number of halogens is 1. The standard InChI is InChI=1S/C23H19ClN4O5S3/c1-15(29)26-23-27-20(14-35(30,31)17-8-4-2-5-9-17)21(34-23)16-12-19(22(24)25-13-16)28-36(32,33)18-10-6-3-7-11-18/h2-13,28H,14H2,1H3,(H,26,27,29). The van der Waals surface area contributed by atoms with Crippen LogP contribution in [-0.2, 0) is 30.4 Å². The van der Waals surface area contributed by atoms with Crippen LogP contribution in [0.2, 0.25) is 5.15 Å². The second kappa shape index (κ2) is 10.3. The molecule has 0 saturated carbocycles. The SMILES string of the molecule is CC(=O)Nc1nc(CS(=O)(=O)c2ccccc2)c(-c2cnc(Cl)c(NS(=O)(=O)c3ccccc3)c2)s1. The van der Waals surface area contributed by atoms with E-state index in [1.54, 1.807) is 36.4 Å². The number of nitrogens with zero attached hydrogens (tertiary/aromatic N) is 2. The summed E-state index contributed by atoms with van der Waals surface area (Å²) < 4.78 is 54.1. The number of thiazole rings is 1. The van der Waals surface area contributed by atoms with Gasteiger partial charge in [0.1, 0.15) is 0 Å². The number of amides is 1. The Hall–Kier alpha value is -3.32. The molecule has 2 aromatic carbocycles. The van der Waals surface area contributed by atoms with Gasteiger partial charge >= 0.3 is 0 Å². The quantitative estimate of drug-likeness (QED) is 0.300. The minimum atomic E-state index is -3.96. The summed E-state index contributed by atoms with van der Waals surface area (Å²) in [6.07, 6.45) is 1.38. The fraction of sp³-hybridized carbons (Fsp3) is 0.0870. The molecule has 9 nitrogen and oxygen atoms in total. The lowest BCUT2D eigenvalue weighted by Gasteiger charge is -2.11. The molecular formula is C23H19ClN4O5S3. The number of rotatable bonds is 8. The molecule has 13 heteroatoms. The maximum atomic E-state index is 13.0. The minimum absolute atomic E-state index is 0.00404. The normalized spacial score (nSPS) is 11.7. The Balaban J connectivity index is 1.75. The van der Waals surface area contributed by atoms with Crippen molar-refractivity contribution < 1.29 is 21.6 Å². The summed E-state index contributed by atoms with van der Waals surface area (Å²) in [5.74, 6) is -0.825. The molecule has 0 saturated heterocycles. The maximum absolute atomic E-state index is 13.0. The van der Waals surface area contributed by atoms with Crippen molar-refractivity contribution in [2.45, 2.75) is 22.5 Å². The monoisotopic (exact) mass is 562 g/mol. The van der Waals surface area contributed by atoms with Crippen LogP contribution in [0.1, 0.15) is 12.6 Å². The van der Waals surface area contributed by atoms with E-state index in [0.29, 0.717) is 10.4 Å². The van der Waals surface area contributed by atoms with Gasteiger partial charge in [0.15, 0.2) is 20.1 Å². The summed E-state index contributed by atoms with van der Waals surface area (Å²) in [5.41, 5.74) is 0.551. The zero-order valence-corrected chi connectivity index (χ0v) is 21.9. The van der Waals surface area contributed by atoms with Gasteiger partial charge in [-0.3, -0.25) is 9.52 Å². The molecule has 2 N–H and O–H groups in total. The third-order valence-corrected chi connectivity index (χ3v) is 9.20. The second-order valence-electron chi connectivity index (χ2n) is 7.53. The van der Waals surface area contributed by atoms with Gasteiger partial charge in [-0.25, -0.2) is 26.8 Å². The first-order valence-corrected chi connectivity index (χ1v) is 14.7. The lowest BCUT2D eigenvalue weighted by Crippen LogP contribution is -2.13. The molecule has 0 atom stereocenters. The number of hydrogen-bond acceptors (Lipinski definition) is 8. The Morgan fingerprint density at radius 2 is 1.58 bits per heavy atom. The van der Waals surface area contributed by atoms with Gasteiger partial charge in [-0.2, -0.15) is 0 Å². The number of pyridine rings is 1. The Bertz CT molecular complexity index is 1620. The summed E-state index contributed by atoms with van der Waals surface area (Å²) in [6.45, 7) is 1.31. The van der Waals surface area contributed by atoms with E-state index in [0.717, 1.165) is 11.3 Å². The van der Waals surface area contributed by atoms with Crippen molar-refractivity contribution in [1.82, 2.24) is 9.97 Å². The summed E-state index contributed by atoms with van der Waals surface area (Å²) in [7, 11) is -7.73. The Morgan fingerprint density at radius 3 is 2.19 bits per heavy atom. The molecule has 4 aromatic rings. The highest BCUT2D eigenvalue weighted by Gasteiger charge is 2.24.